The molecule has 0 amide bonds. The maximum absolute atomic E-state index is 12.4. The predicted molar refractivity (Wildman–Crippen MR) is 75.9 cm³/mol. The molecular formula is C11H13NO2S3. The molecule has 0 spiro atoms. The second-order valence-electron chi connectivity index (χ2n) is 3.66. The van der Waals surface area contributed by atoms with Gasteiger partial charge in [0.2, 0.25) is 4.75 Å². The van der Waals surface area contributed by atoms with Gasteiger partial charge in [-0.15, -0.1) is 11.8 Å². The van der Waals surface area contributed by atoms with Crippen molar-refractivity contribution >= 4 is 39.4 Å². The van der Waals surface area contributed by atoms with Crippen LogP contribution in [0.15, 0.2) is 24.5 Å². The van der Waals surface area contributed by atoms with Crippen molar-refractivity contribution in [2.24, 2.45) is 0 Å². The first-order valence-corrected chi connectivity index (χ1v) is 8.12. The Morgan fingerprint density at radius 2 is 2.53 bits per heavy atom. The van der Waals surface area contributed by atoms with Gasteiger partial charge in [0.25, 0.3) is 0 Å². The molecule has 1 aromatic heterocycles. The zero-order valence-corrected chi connectivity index (χ0v) is 11.9. The van der Waals surface area contributed by atoms with Gasteiger partial charge in [0, 0.05) is 18.0 Å². The largest absolute Gasteiger partial charge is 0.615 e. The van der Waals surface area contributed by atoms with Gasteiger partial charge >= 0.3 is 0 Å². The lowest BCUT2D eigenvalue weighted by Crippen LogP contribution is -2.51. The van der Waals surface area contributed by atoms with Crippen molar-refractivity contribution in [2.45, 2.75) is 4.75 Å². The Bertz CT molecular complexity index is 401. The summed E-state index contributed by atoms with van der Waals surface area (Å²) in [6.07, 6.45) is 5.34. The van der Waals surface area contributed by atoms with Crippen molar-refractivity contribution < 1.29 is 9.29 Å². The number of pyridine rings is 1. The van der Waals surface area contributed by atoms with Crippen LogP contribution in [0.4, 0.5) is 0 Å². The second kappa shape index (κ2) is 5.67. The van der Waals surface area contributed by atoms with Gasteiger partial charge in [-0.2, -0.15) is 0 Å². The number of hydrogen-bond donors (Lipinski definition) is 0. The molecule has 1 aliphatic rings. The third-order valence-electron chi connectivity index (χ3n) is 2.75. The minimum absolute atomic E-state index is 0.380. The van der Waals surface area contributed by atoms with E-state index in [1.54, 1.807) is 12.4 Å². The van der Waals surface area contributed by atoms with E-state index in [1.165, 1.54) is 11.8 Å². The van der Waals surface area contributed by atoms with Crippen LogP contribution in [0, 0.1) is 0 Å². The molecule has 1 aromatic rings. The Morgan fingerprint density at radius 1 is 1.71 bits per heavy atom. The van der Waals surface area contributed by atoms with Crippen LogP contribution in [-0.4, -0.2) is 39.0 Å². The third kappa shape index (κ3) is 2.37. The molecule has 6 heteroatoms. The van der Waals surface area contributed by atoms with Gasteiger partial charge in [-0.25, -0.2) is 0 Å². The summed E-state index contributed by atoms with van der Waals surface area (Å²) in [5.41, 5.74) is 0.886. The average molecular weight is 287 g/mol. The van der Waals surface area contributed by atoms with Crippen molar-refractivity contribution in [2.75, 3.05) is 25.2 Å². The zero-order valence-electron chi connectivity index (χ0n) is 9.42. The van der Waals surface area contributed by atoms with Crippen LogP contribution < -0.4 is 0 Å². The molecular weight excluding hydrogens is 274 g/mol. The molecule has 2 rings (SSSR count). The maximum atomic E-state index is 12.4. The fourth-order valence-electron chi connectivity index (χ4n) is 1.84. The highest BCUT2D eigenvalue weighted by molar-refractivity contribution is 8.24. The van der Waals surface area contributed by atoms with Gasteiger partial charge < -0.3 is 9.29 Å². The number of rotatable bonds is 2. The Kier molecular flexibility index (Phi) is 4.43. The second-order valence-corrected chi connectivity index (χ2v) is 6.94. The molecule has 92 valence electrons. The first kappa shape index (κ1) is 13.3. The van der Waals surface area contributed by atoms with E-state index in [0.717, 1.165) is 5.56 Å². The fourth-order valence-corrected chi connectivity index (χ4v) is 4.73. The fraction of sp³-hybridized carbons (Fsp3) is 0.455. The normalized spacial score (nSPS) is 28.9. The molecule has 1 saturated heterocycles. The lowest BCUT2D eigenvalue weighted by Gasteiger charge is -2.38. The van der Waals surface area contributed by atoms with Gasteiger partial charge in [-0.1, -0.05) is 18.3 Å². The highest BCUT2D eigenvalue weighted by Crippen LogP contribution is 2.38. The molecule has 0 aromatic carbocycles. The summed E-state index contributed by atoms with van der Waals surface area (Å²) < 4.78 is 18.0. The average Bonchev–Trinajstić information content (AvgIpc) is 2.39. The summed E-state index contributed by atoms with van der Waals surface area (Å²) in [6, 6.07) is 3.76. The van der Waals surface area contributed by atoms with Crippen LogP contribution in [0.2, 0.25) is 0 Å². The van der Waals surface area contributed by atoms with E-state index in [-0.39, 0.29) is 0 Å². The van der Waals surface area contributed by atoms with Gasteiger partial charge in [0.15, 0.2) is 0 Å². The van der Waals surface area contributed by atoms with E-state index in [0.29, 0.717) is 23.2 Å². The Morgan fingerprint density at radius 3 is 3.12 bits per heavy atom. The molecule has 0 aliphatic carbocycles. The summed E-state index contributed by atoms with van der Waals surface area (Å²) in [6.45, 7) is 0.913. The minimum Gasteiger partial charge on any atom is -0.615 e. The van der Waals surface area contributed by atoms with Crippen LogP contribution in [0.25, 0.3) is 0 Å². The number of hydrogen-bond acceptors (Lipinski definition) is 5. The van der Waals surface area contributed by atoms with Crippen molar-refractivity contribution in [3.8, 4) is 0 Å². The summed E-state index contributed by atoms with van der Waals surface area (Å²) in [5.74, 6) is 0.523. The molecule has 0 N–H and O–H groups in total. The number of thiocarbonyl (C=S) groups is 1. The van der Waals surface area contributed by atoms with Crippen LogP contribution in [0.1, 0.15) is 5.56 Å². The first-order chi connectivity index (χ1) is 8.21. The molecule has 0 bridgehead atoms. The lowest BCUT2D eigenvalue weighted by atomic mass is 10.0. The van der Waals surface area contributed by atoms with Crippen molar-refractivity contribution in [1.82, 2.24) is 4.98 Å². The Balaban J connectivity index is 2.46. The molecule has 1 fully saturated rings. The maximum Gasteiger partial charge on any atom is 0.215 e. The smallest absolute Gasteiger partial charge is 0.215 e. The molecule has 2 heterocycles. The van der Waals surface area contributed by atoms with Crippen LogP contribution in [-0.2, 0) is 20.7 Å². The van der Waals surface area contributed by atoms with Crippen LogP contribution >= 0.6 is 24.0 Å². The lowest BCUT2D eigenvalue weighted by molar-refractivity contribution is 0.126. The molecule has 0 radical (unpaired) electrons. The van der Waals surface area contributed by atoms with Crippen LogP contribution in [0.3, 0.4) is 0 Å². The topological polar surface area (TPSA) is 45.2 Å². The SMILES string of the molecule is CSC(=S)[C@@]1(c2cccnc2)COCC[S@+]1[O-]. The Labute approximate surface area is 114 Å². The molecule has 2 atom stereocenters. The molecule has 0 saturated carbocycles. The third-order valence-corrected chi connectivity index (χ3v) is 6.45. The van der Waals surface area contributed by atoms with Gasteiger partial charge in [0.1, 0.15) is 16.6 Å². The highest BCUT2D eigenvalue weighted by atomic mass is 32.2. The summed E-state index contributed by atoms with van der Waals surface area (Å²) in [5, 5.41) is 0. The van der Waals surface area contributed by atoms with E-state index in [4.69, 9.17) is 17.0 Å². The monoisotopic (exact) mass is 287 g/mol. The van der Waals surface area contributed by atoms with Crippen molar-refractivity contribution in [1.29, 1.82) is 0 Å². The predicted octanol–water partition coefficient (Wildman–Crippen LogP) is 1.75. The number of thioether (sulfide) groups is 1. The number of nitrogens with zero attached hydrogens (tertiary/aromatic N) is 1. The summed E-state index contributed by atoms with van der Waals surface area (Å²) >= 11 is 5.82. The summed E-state index contributed by atoms with van der Waals surface area (Å²) in [7, 11) is 0. The van der Waals surface area contributed by atoms with E-state index in [9.17, 15) is 4.55 Å². The Hall–Kier alpha value is -0.140. The van der Waals surface area contributed by atoms with Crippen molar-refractivity contribution in [3.63, 3.8) is 0 Å². The summed E-state index contributed by atoms with van der Waals surface area (Å²) in [4.78, 5) is 4.10. The van der Waals surface area contributed by atoms with Crippen LogP contribution in [0.5, 0.6) is 0 Å². The number of aromatic nitrogens is 1. The van der Waals surface area contributed by atoms with E-state index in [2.05, 4.69) is 4.98 Å². The van der Waals surface area contributed by atoms with Gasteiger partial charge in [0.05, 0.1) is 6.61 Å². The highest BCUT2D eigenvalue weighted by Gasteiger charge is 2.50. The number of ether oxygens (including phenoxy) is 1. The standard InChI is InChI=1S/C11H13NO2S3/c1-16-10(15)11(8-14-5-6-17(11)13)9-3-2-4-12-7-9/h2-4,7H,5-6,8H2,1H3/t11-,17-/m0/s1. The van der Waals surface area contributed by atoms with Gasteiger partial charge in [-0.3, -0.25) is 4.98 Å². The van der Waals surface area contributed by atoms with Gasteiger partial charge in [-0.05, 0) is 23.5 Å². The first-order valence-electron chi connectivity index (χ1n) is 5.17. The van der Waals surface area contributed by atoms with Crippen molar-refractivity contribution in [3.05, 3.63) is 30.1 Å². The van der Waals surface area contributed by atoms with E-state index in [1.807, 2.05) is 18.4 Å². The zero-order chi connectivity index (χ0) is 12.3. The van der Waals surface area contributed by atoms with E-state index >= 15 is 0 Å². The molecule has 0 unspecified atom stereocenters. The quantitative estimate of drug-likeness (QED) is 0.612. The molecule has 3 nitrogen and oxygen atoms in total. The van der Waals surface area contributed by atoms with E-state index < -0.39 is 15.9 Å². The molecule has 1 aliphatic heterocycles. The molecule has 17 heavy (non-hydrogen) atoms. The minimum atomic E-state index is -1.04.